The maximum Gasteiger partial charge on any atom is 0.255 e. The highest BCUT2D eigenvalue weighted by molar-refractivity contribution is 7.08. The Morgan fingerprint density at radius 1 is 1.50 bits per heavy atom. The van der Waals surface area contributed by atoms with Crippen molar-refractivity contribution >= 4 is 17.2 Å². The average Bonchev–Trinajstić information content (AvgIpc) is 3.06. The van der Waals surface area contributed by atoms with Crippen LogP contribution in [-0.4, -0.2) is 31.1 Å². The zero-order valence-electron chi connectivity index (χ0n) is 10.2. The molecule has 0 radical (unpaired) electrons. The van der Waals surface area contributed by atoms with E-state index in [1.54, 1.807) is 18.3 Å². The zero-order valence-corrected chi connectivity index (χ0v) is 11.0. The van der Waals surface area contributed by atoms with Gasteiger partial charge in [0.05, 0.1) is 25.0 Å². The molecule has 0 fully saturated rings. The van der Waals surface area contributed by atoms with E-state index in [-0.39, 0.29) is 5.91 Å². The van der Waals surface area contributed by atoms with Crippen molar-refractivity contribution in [3.05, 3.63) is 46.5 Å². The molecule has 0 aliphatic heterocycles. The van der Waals surface area contributed by atoms with Crippen LogP contribution in [0.5, 0.6) is 0 Å². The van der Waals surface area contributed by atoms with Crippen LogP contribution >= 0.6 is 11.3 Å². The molecule has 0 atom stereocenters. The summed E-state index contributed by atoms with van der Waals surface area (Å²) in [7, 11) is 1.63. The number of furan rings is 1. The Bertz CT molecular complexity index is 464. The molecule has 2 heterocycles. The summed E-state index contributed by atoms with van der Waals surface area (Å²) in [5, 5.41) is 3.75. The Labute approximate surface area is 110 Å². The molecule has 0 aliphatic carbocycles. The fourth-order valence-electron chi connectivity index (χ4n) is 1.61. The highest BCUT2D eigenvalue weighted by atomic mass is 32.1. The van der Waals surface area contributed by atoms with E-state index in [0.717, 1.165) is 5.76 Å². The fourth-order valence-corrected chi connectivity index (χ4v) is 2.24. The summed E-state index contributed by atoms with van der Waals surface area (Å²) in [6.07, 6.45) is 1.61. The maximum absolute atomic E-state index is 12.3. The van der Waals surface area contributed by atoms with Crippen LogP contribution in [0.2, 0.25) is 0 Å². The molecule has 0 N–H and O–H groups in total. The van der Waals surface area contributed by atoms with Gasteiger partial charge < -0.3 is 14.1 Å². The first-order valence-electron chi connectivity index (χ1n) is 5.64. The van der Waals surface area contributed by atoms with Crippen LogP contribution in [0.25, 0.3) is 0 Å². The summed E-state index contributed by atoms with van der Waals surface area (Å²) in [6, 6.07) is 5.51. The third kappa shape index (κ3) is 3.21. The number of hydrogen-bond acceptors (Lipinski definition) is 4. The Kier molecular flexibility index (Phi) is 4.55. The van der Waals surface area contributed by atoms with Crippen LogP contribution in [-0.2, 0) is 11.3 Å². The predicted octanol–water partition coefficient (Wildman–Crippen LogP) is 2.63. The second-order valence-electron chi connectivity index (χ2n) is 3.81. The van der Waals surface area contributed by atoms with Crippen LogP contribution in [0.15, 0.2) is 39.6 Å². The first kappa shape index (κ1) is 12.9. The lowest BCUT2D eigenvalue weighted by Crippen LogP contribution is -2.33. The molecule has 2 aromatic heterocycles. The van der Waals surface area contributed by atoms with E-state index in [0.29, 0.717) is 25.3 Å². The molecule has 0 saturated carbocycles. The lowest BCUT2D eigenvalue weighted by atomic mass is 10.2. The van der Waals surface area contributed by atoms with Gasteiger partial charge in [-0.3, -0.25) is 4.79 Å². The van der Waals surface area contributed by atoms with Gasteiger partial charge >= 0.3 is 0 Å². The van der Waals surface area contributed by atoms with Gasteiger partial charge in [-0.1, -0.05) is 0 Å². The van der Waals surface area contributed by atoms with E-state index >= 15 is 0 Å². The lowest BCUT2D eigenvalue weighted by molar-refractivity contribution is 0.0667. The minimum Gasteiger partial charge on any atom is -0.467 e. The third-order valence-electron chi connectivity index (χ3n) is 2.55. The highest BCUT2D eigenvalue weighted by Crippen LogP contribution is 2.13. The Morgan fingerprint density at radius 3 is 3.00 bits per heavy atom. The minimum absolute atomic E-state index is 0.00435. The highest BCUT2D eigenvalue weighted by Gasteiger charge is 2.17. The molecule has 2 aromatic rings. The monoisotopic (exact) mass is 265 g/mol. The molecule has 1 amide bonds. The molecule has 18 heavy (non-hydrogen) atoms. The number of nitrogens with zero attached hydrogens (tertiary/aromatic N) is 1. The second kappa shape index (κ2) is 6.37. The van der Waals surface area contributed by atoms with Crippen LogP contribution in [0.1, 0.15) is 16.1 Å². The number of carbonyl (C=O) groups excluding carboxylic acids is 1. The molecule has 2 rings (SSSR count). The van der Waals surface area contributed by atoms with E-state index in [2.05, 4.69) is 0 Å². The molecule has 96 valence electrons. The first-order valence-corrected chi connectivity index (χ1v) is 6.58. The van der Waals surface area contributed by atoms with Crippen molar-refractivity contribution in [3.63, 3.8) is 0 Å². The maximum atomic E-state index is 12.3. The van der Waals surface area contributed by atoms with Crippen molar-refractivity contribution in [2.45, 2.75) is 6.54 Å². The van der Waals surface area contributed by atoms with Gasteiger partial charge in [0.2, 0.25) is 0 Å². The summed E-state index contributed by atoms with van der Waals surface area (Å²) in [6.45, 7) is 1.52. The number of rotatable bonds is 6. The van der Waals surface area contributed by atoms with Crippen LogP contribution in [0, 0.1) is 0 Å². The third-order valence-corrected chi connectivity index (χ3v) is 3.23. The molecule has 0 aromatic carbocycles. The summed E-state index contributed by atoms with van der Waals surface area (Å²) in [5.41, 5.74) is 0.711. The smallest absolute Gasteiger partial charge is 0.255 e. The standard InChI is InChI=1S/C13H15NO3S/c1-16-7-5-14(9-12-3-2-6-17-12)13(15)11-4-8-18-10-11/h2-4,6,8,10H,5,7,9H2,1H3. The van der Waals surface area contributed by atoms with E-state index in [1.807, 2.05) is 29.0 Å². The van der Waals surface area contributed by atoms with Gasteiger partial charge in [0.1, 0.15) is 5.76 Å². The first-order chi connectivity index (χ1) is 8.81. The minimum atomic E-state index is 0.00435. The number of methoxy groups -OCH3 is 1. The number of ether oxygens (including phenoxy) is 1. The van der Waals surface area contributed by atoms with Gasteiger partial charge in [0.15, 0.2) is 0 Å². The largest absolute Gasteiger partial charge is 0.467 e. The molecule has 5 heteroatoms. The summed E-state index contributed by atoms with van der Waals surface area (Å²) >= 11 is 1.51. The van der Waals surface area contributed by atoms with Crippen LogP contribution < -0.4 is 0 Å². The van der Waals surface area contributed by atoms with Crippen molar-refractivity contribution in [2.24, 2.45) is 0 Å². The van der Waals surface area contributed by atoms with Crippen molar-refractivity contribution in [2.75, 3.05) is 20.3 Å². The fraction of sp³-hybridized carbons (Fsp3) is 0.308. The molecule has 0 spiro atoms. The Hall–Kier alpha value is -1.59. The predicted molar refractivity (Wildman–Crippen MR) is 69.6 cm³/mol. The molecule has 0 unspecified atom stereocenters. The van der Waals surface area contributed by atoms with Crippen LogP contribution in [0.3, 0.4) is 0 Å². The lowest BCUT2D eigenvalue weighted by Gasteiger charge is -2.20. The molecule has 0 bridgehead atoms. The van der Waals surface area contributed by atoms with Crippen molar-refractivity contribution in [1.82, 2.24) is 4.90 Å². The van der Waals surface area contributed by atoms with Gasteiger partial charge in [0, 0.05) is 19.0 Å². The van der Waals surface area contributed by atoms with E-state index in [9.17, 15) is 4.79 Å². The number of carbonyl (C=O) groups is 1. The van der Waals surface area contributed by atoms with Gasteiger partial charge in [-0.2, -0.15) is 11.3 Å². The molecule has 0 saturated heterocycles. The molecule has 4 nitrogen and oxygen atoms in total. The Morgan fingerprint density at radius 2 is 2.39 bits per heavy atom. The van der Waals surface area contributed by atoms with Gasteiger partial charge in [-0.05, 0) is 23.6 Å². The second-order valence-corrected chi connectivity index (χ2v) is 4.59. The SMILES string of the molecule is COCCN(Cc1ccco1)C(=O)c1ccsc1. The Balaban J connectivity index is 2.07. The quantitative estimate of drug-likeness (QED) is 0.806. The van der Waals surface area contributed by atoms with E-state index in [4.69, 9.17) is 9.15 Å². The van der Waals surface area contributed by atoms with E-state index in [1.165, 1.54) is 11.3 Å². The van der Waals surface area contributed by atoms with Gasteiger partial charge in [-0.25, -0.2) is 0 Å². The summed E-state index contributed by atoms with van der Waals surface area (Å²) < 4.78 is 10.3. The molecule has 0 aliphatic rings. The summed E-state index contributed by atoms with van der Waals surface area (Å²) in [4.78, 5) is 14.0. The van der Waals surface area contributed by atoms with Crippen molar-refractivity contribution in [3.8, 4) is 0 Å². The summed E-state index contributed by atoms with van der Waals surface area (Å²) in [5.74, 6) is 0.777. The molecular formula is C13H15NO3S. The van der Waals surface area contributed by atoms with Gasteiger partial charge in [0.25, 0.3) is 5.91 Å². The number of amides is 1. The topological polar surface area (TPSA) is 42.7 Å². The van der Waals surface area contributed by atoms with Crippen molar-refractivity contribution < 1.29 is 13.9 Å². The zero-order chi connectivity index (χ0) is 12.8. The average molecular weight is 265 g/mol. The molecular weight excluding hydrogens is 250 g/mol. The van der Waals surface area contributed by atoms with Crippen LogP contribution in [0.4, 0.5) is 0 Å². The van der Waals surface area contributed by atoms with E-state index < -0.39 is 0 Å². The van der Waals surface area contributed by atoms with Crippen molar-refractivity contribution in [1.29, 1.82) is 0 Å². The normalized spacial score (nSPS) is 10.5. The number of hydrogen-bond donors (Lipinski definition) is 0. The van der Waals surface area contributed by atoms with Gasteiger partial charge in [-0.15, -0.1) is 0 Å². The number of thiophene rings is 1.